The predicted molar refractivity (Wildman–Crippen MR) is 130 cm³/mol. The molecular weight excluding hydrogens is 448 g/mol. The number of aromatic nitrogens is 1. The molecule has 5 rings (SSSR count). The first-order valence-electron chi connectivity index (χ1n) is 11.0. The lowest BCUT2D eigenvalue weighted by atomic mass is 10.1. The summed E-state index contributed by atoms with van der Waals surface area (Å²) in [7, 11) is 1.51. The predicted octanol–water partition coefficient (Wildman–Crippen LogP) is 5.74. The van der Waals surface area contributed by atoms with Crippen molar-refractivity contribution in [3.05, 3.63) is 78.2 Å². The number of hydrogen-bond donors (Lipinski definition) is 1. The minimum Gasteiger partial charge on any atom is -0.495 e. The van der Waals surface area contributed by atoms with Crippen molar-refractivity contribution in [1.29, 1.82) is 0 Å². The molecule has 1 N–H and O–H groups in total. The second kappa shape index (κ2) is 8.98. The third-order valence-corrected chi connectivity index (χ3v) is 5.62. The molecule has 3 aromatic carbocycles. The maximum absolute atomic E-state index is 12.8. The number of hydrogen-bond acceptors (Lipinski definition) is 7. The molecule has 2 aromatic heterocycles. The molecule has 0 aliphatic carbocycles. The van der Waals surface area contributed by atoms with Crippen molar-refractivity contribution in [2.24, 2.45) is 0 Å². The van der Waals surface area contributed by atoms with Gasteiger partial charge < -0.3 is 23.6 Å². The summed E-state index contributed by atoms with van der Waals surface area (Å²) in [6.07, 6.45) is -1.10. The number of nitrogens with zero attached hydrogens (tertiary/aromatic N) is 1. The Kier molecular flexibility index (Phi) is 5.70. The maximum atomic E-state index is 12.8. The summed E-state index contributed by atoms with van der Waals surface area (Å²) in [5, 5.41) is 4.56. The van der Waals surface area contributed by atoms with Crippen LogP contribution < -0.4 is 10.1 Å². The number of oxazole rings is 1. The van der Waals surface area contributed by atoms with Gasteiger partial charge in [-0.05, 0) is 38.1 Å². The molecule has 0 saturated heterocycles. The number of benzene rings is 3. The van der Waals surface area contributed by atoms with Crippen LogP contribution in [0.5, 0.6) is 5.75 Å². The Bertz CT molecular complexity index is 1550. The highest BCUT2D eigenvalue weighted by molar-refractivity contribution is 6.08. The zero-order valence-electron chi connectivity index (χ0n) is 19.3. The molecule has 0 aliphatic heterocycles. The van der Waals surface area contributed by atoms with E-state index in [0.717, 1.165) is 21.9 Å². The van der Waals surface area contributed by atoms with Gasteiger partial charge in [0.2, 0.25) is 5.89 Å². The molecule has 0 fully saturated rings. The first kappa shape index (κ1) is 22.2. The number of rotatable bonds is 6. The molecule has 0 saturated carbocycles. The fourth-order valence-corrected chi connectivity index (χ4v) is 3.81. The van der Waals surface area contributed by atoms with Gasteiger partial charge in [-0.2, -0.15) is 0 Å². The molecule has 0 aliphatic rings. The molecule has 0 radical (unpaired) electrons. The Labute approximate surface area is 200 Å². The van der Waals surface area contributed by atoms with Crippen LogP contribution in [0.4, 0.5) is 5.69 Å². The molecule has 1 amide bonds. The number of esters is 1. The summed E-state index contributed by atoms with van der Waals surface area (Å²) < 4.78 is 22.4. The van der Waals surface area contributed by atoms with Gasteiger partial charge in [-0.25, -0.2) is 9.78 Å². The second-order valence-electron chi connectivity index (χ2n) is 7.97. The number of anilines is 1. The van der Waals surface area contributed by atoms with E-state index in [0.29, 0.717) is 28.7 Å². The van der Waals surface area contributed by atoms with Gasteiger partial charge in [0.1, 0.15) is 22.7 Å². The molecular formula is C27H22N2O6. The summed E-state index contributed by atoms with van der Waals surface area (Å²) in [4.78, 5) is 29.8. The van der Waals surface area contributed by atoms with Crippen LogP contribution in [0.3, 0.4) is 0 Å². The zero-order chi connectivity index (χ0) is 24.5. The monoisotopic (exact) mass is 470 g/mol. The third kappa shape index (κ3) is 4.21. The molecule has 0 bridgehead atoms. The molecule has 0 spiro atoms. The highest BCUT2D eigenvalue weighted by atomic mass is 16.5. The lowest BCUT2D eigenvalue weighted by molar-refractivity contribution is -0.123. The van der Waals surface area contributed by atoms with E-state index in [1.54, 1.807) is 19.1 Å². The largest absolute Gasteiger partial charge is 0.495 e. The summed E-state index contributed by atoms with van der Waals surface area (Å²) >= 11 is 0. The van der Waals surface area contributed by atoms with Crippen LogP contribution in [0.2, 0.25) is 0 Å². The summed E-state index contributed by atoms with van der Waals surface area (Å²) in [5.74, 6) is -0.224. The summed E-state index contributed by atoms with van der Waals surface area (Å²) in [5.41, 5.74) is 2.47. The topological polar surface area (TPSA) is 104 Å². The van der Waals surface area contributed by atoms with Gasteiger partial charge in [0.25, 0.3) is 5.91 Å². The normalized spacial score (nSPS) is 12.0. The third-order valence-electron chi connectivity index (χ3n) is 5.62. The number of aryl methyl sites for hydroxylation is 1. The number of fused-ring (bicyclic) bond motifs is 3. The summed E-state index contributed by atoms with van der Waals surface area (Å²) in [6.45, 7) is 3.10. The van der Waals surface area contributed by atoms with E-state index in [4.69, 9.17) is 18.3 Å². The van der Waals surface area contributed by atoms with Gasteiger partial charge in [-0.15, -0.1) is 0 Å². The smallest absolute Gasteiger partial charge is 0.361 e. The van der Waals surface area contributed by atoms with E-state index < -0.39 is 18.0 Å². The van der Waals surface area contributed by atoms with Crippen LogP contribution in [0, 0.1) is 6.92 Å². The standard InChI is InChI=1S/C27H22N2O6/c1-15-24(29-26(33-15)17-9-5-4-6-10-17)27(31)34-16(2)25(30)28-20-14-22-19(13-23(20)32-3)18-11-7-8-12-21(18)35-22/h4-14,16H,1-3H3,(H,28,30)/t16-/m0/s1. The molecule has 5 aromatic rings. The van der Waals surface area contributed by atoms with Crippen LogP contribution in [-0.2, 0) is 9.53 Å². The number of ether oxygens (including phenoxy) is 2. The molecule has 0 unspecified atom stereocenters. The minimum absolute atomic E-state index is 0.0183. The van der Waals surface area contributed by atoms with Crippen molar-refractivity contribution in [2.45, 2.75) is 20.0 Å². The first-order valence-corrected chi connectivity index (χ1v) is 11.0. The Morgan fingerprint density at radius 1 is 0.943 bits per heavy atom. The Hall–Kier alpha value is -4.59. The van der Waals surface area contributed by atoms with E-state index in [-0.39, 0.29) is 5.69 Å². The molecule has 8 heteroatoms. The van der Waals surface area contributed by atoms with Crippen LogP contribution >= 0.6 is 0 Å². The molecule has 176 valence electrons. The Balaban J connectivity index is 1.33. The van der Waals surface area contributed by atoms with Gasteiger partial charge in [0.05, 0.1) is 12.8 Å². The number of para-hydroxylation sites is 1. The first-order chi connectivity index (χ1) is 16.9. The Morgan fingerprint density at radius 3 is 2.46 bits per heavy atom. The lowest BCUT2D eigenvalue weighted by Gasteiger charge is -2.15. The van der Waals surface area contributed by atoms with E-state index in [2.05, 4.69) is 10.3 Å². The van der Waals surface area contributed by atoms with Crippen molar-refractivity contribution >= 4 is 39.5 Å². The number of amides is 1. The number of furan rings is 1. The van der Waals surface area contributed by atoms with E-state index >= 15 is 0 Å². The summed E-state index contributed by atoms with van der Waals surface area (Å²) in [6, 6.07) is 20.3. The van der Waals surface area contributed by atoms with Gasteiger partial charge in [0, 0.05) is 22.4 Å². The van der Waals surface area contributed by atoms with Crippen molar-refractivity contribution in [3.63, 3.8) is 0 Å². The molecule has 8 nitrogen and oxygen atoms in total. The average Bonchev–Trinajstić information content (AvgIpc) is 3.44. The highest BCUT2D eigenvalue weighted by Gasteiger charge is 2.25. The van der Waals surface area contributed by atoms with Crippen molar-refractivity contribution in [2.75, 3.05) is 12.4 Å². The van der Waals surface area contributed by atoms with Crippen LogP contribution in [-0.4, -0.2) is 30.1 Å². The van der Waals surface area contributed by atoms with Crippen molar-refractivity contribution < 1.29 is 27.9 Å². The zero-order valence-corrected chi connectivity index (χ0v) is 19.3. The van der Waals surface area contributed by atoms with Crippen LogP contribution in [0.1, 0.15) is 23.2 Å². The van der Waals surface area contributed by atoms with Gasteiger partial charge in [0.15, 0.2) is 11.8 Å². The quantitative estimate of drug-likeness (QED) is 0.316. The minimum atomic E-state index is -1.10. The van der Waals surface area contributed by atoms with E-state index in [1.165, 1.54) is 14.0 Å². The fraction of sp³-hybridized carbons (Fsp3) is 0.148. The number of carbonyl (C=O) groups is 2. The fourth-order valence-electron chi connectivity index (χ4n) is 3.81. The van der Waals surface area contributed by atoms with E-state index in [9.17, 15) is 9.59 Å². The van der Waals surface area contributed by atoms with Crippen LogP contribution in [0.15, 0.2) is 75.6 Å². The molecule has 1 atom stereocenters. The van der Waals surface area contributed by atoms with Crippen LogP contribution in [0.25, 0.3) is 33.4 Å². The number of nitrogens with one attached hydrogen (secondary N) is 1. The van der Waals surface area contributed by atoms with Crippen molar-refractivity contribution in [1.82, 2.24) is 4.98 Å². The second-order valence-corrected chi connectivity index (χ2v) is 7.97. The molecule has 2 heterocycles. The van der Waals surface area contributed by atoms with Gasteiger partial charge in [-0.1, -0.05) is 36.4 Å². The SMILES string of the molecule is COc1cc2c(cc1NC(=O)[C@H](C)OC(=O)c1nc(-c3ccccc3)oc1C)oc1ccccc12. The molecule has 35 heavy (non-hydrogen) atoms. The number of carbonyl (C=O) groups excluding carboxylic acids is 2. The number of methoxy groups -OCH3 is 1. The highest BCUT2D eigenvalue weighted by Crippen LogP contribution is 2.36. The van der Waals surface area contributed by atoms with Gasteiger partial charge >= 0.3 is 5.97 Å². The average molecular weight is 470 g/mol. The van der Waals surface area contributed by atoms with Gasteiger partial charge in [-0.3, -0.25) is 4.79 Å². The lowest BCUT2D eigenvalue weighted by Crippen LogP contribution is -2.30. The van der Waals surface area contributed by atoms with E-state index in [1.807, 2.05) is 54.6 Å². The van der Waals surface area contributed by atoms with Crippen molar-refractivity contribution in [3.8, 4) is 17.2 Å². The Morgan fingerprint density at radius 2 is 1.69 bits per heavy atom. The maximum Gasteiger partial charge on any atom is 0.361 e.